The number of thiazole rings is 1. The molecule has 0 unspecified atom stereocenters. The lowest BCUT2D eigenvalue weighted by molar-refractivity contribution is 0.104. The van der Waals surface area contributed by atoms with Gasteiger partial charge < -0.3 is 5.73 Å². The number of carbonyl (C=O) groups excluding carboxylic acids is 1. The van der Waals surface area contributed by atoms with Crippen LogP contribution in [0.2, 0.25) is 0 Å². The molecular weight excluding hydrogens is 160 g/mol. The molecule has 1 aromatic heterocycles. The van der Waals surface area contributed by atoms with Crippen molar-refractivity contribution in [3.8, 4) is 0 Å². The maximum atomic E-state index is 11.1. The van der Waals surface area contributed by atoms with Crippen LogP contribution < -0.4 is 5.73 Å². The Kier molecular flexibility index (Phi) is 2.38. The minimum Gasteiger partial charge on any atom is -0.402 e. The molecule has 0 aliphatic heterocycles. The van der Waals surface area contributed by atoms with Gasteiger partial charge in [0, 0.05) is 23.3 Å². The summed E-state index contributed by atoms with van der Waals surface area (Å²) in [6.45, 7) is 1.67. The molecule has 3 nitrogen and oxygen atoms in total. The van der Waals surface area contributed by atoms with Gasteiger partial charge in [-0.2, -0.15) is 0 Å². The van der Waals surface area contributed by atoms with Gasteiger partial charge in [-0.3, -0.25) is 4.79 Å². The zero-order chi connectivity index (χ0) is 8.27. The van der Waals surface area contributed by atoms with E-state index in [2.05, 4.69) is 4.98 Å². The highest BCUT2D eigenvalue weighted by molar-refractivity contribution is 7.11. The molecule has 0 spiro atoms. The summed E-state index contributed by atoms with van der Waals surface area (Å²) in [4.78, 5) is 14.9. The van der Waals surface area contributed by atoms with Gasteiger partial charge in [0.1, 0.15) is 0 Å². The number of nitrogens with two attached hydrogens (primary N) is 1. The molecule has 0 amide bonds. The highest BCUT2D eigenvalue weighted by atomic mass is 32.1. The van der Waals surface area contributed by atoms with Crippen LogP contribution in [-0.2, 0) is 0 Å². The first-order valence-electron chi connectivity index (χ1n) is 3.08. The van der Waals surface area contributed by atoms with E-state index >= 15 is 0 Å². The van der Waals surface area contributed by atoms with Gasteiger partial charge in [0.25, 0.3) is 0 Å². The topological polar surface area (TPSA) is 56.0 Å². The lowest BCUT2D eigenvalue weighted by atomic mass is 10.3. The van der Waals surface area contributed by atoms with Gasteiger partial charge in [-0.25, -0.2) is 4.98 Å². The minimum atomic E-state index is -0.125. The predicted octanol–water partition coefficient (Wildman–Crippen LogP) is 1.19. The van der Waals surface area contributed by atoms with Crippen LogP contribution in [0.3, 0.4) is 0 Å². The zero-order valence-corrected chi connectivity index (χ0v) is 6.89. The molecular formula is C7H8N2OS. The van der Waals surface area contributed by atoms with E-state index in [0.29, 0.717) is 10.7 Å². The van der Waals surface area contributed by atoms with Crippen molar-refractivity contribution in [3.63, 3.8) is 0 Å². The lowest BCUT2D eigenvalue weighted by Gasteiger charge is -1.87. The molecule has 0 bridgehead atoms. The molecule has 0 saturated heterocycles. The Morgan fingerprint density at radius 2 is 2.55 bits per heavy atom. The molecule has 0 aromatic carbocycles. The monoisotopic (exact) mass is 168 g/mol. The lowest BCUT2D eigenvalue weighted by Crippen LogP contribution is -1.98. The third-order valence-corrected chi connectivity index (χ3v) is 1.79. The fourth-order valence-corrected chi connectivity index (χ4v) is 1.16. The van der Waals surface area contributed by atoms with Crippen molar-refractivity contribution in [3.05, 3.63) is 28.4 Å². The molecule has 4 heteroatoms. The smallest absolute Gasteiger partial charge is 0.216 e. The number of ketones is 1. The van der Waals surface area contributed by atoms with Crippen LogP contribution in [0.25, 0.3) is 0 Å². The van der Waals surface area contributed by atoms with E-state index in [-0.39, 0.29) is 5.78 Å². The van der Waals surface area contributed by atoms with Gasteiger partial charge in [0.05, 0.1) is 0 Å². The Balaban J connectivity index is 2.80. The van der Waals surface area contributed by atoms with Crippen molar-refractivity contribution >= 4 is 17.1 Å². The fraction of sp³-hybridized carbons (Fsp3) is 0.143. The first kappa shape index (κ1) is 7.94. The Labute approximate surface area is 68.6 Å². The molecule has 58 valence electrons. The molecule has 0 fully saturated rings. The van der Waals surface area contributed by atoms with Crippen molar-refractivity contribution in [2.75, 3.05) is 0 Å². The summed E-state index contributed by atoms with van der Waals surface area (Å²) in [5, 5.41) is 2.24. The van der Waals surface area contributed by atoms with E-state index in [1.807, 2.05) is 0 Å². The van der Waals surface area contributed by atoms with Crippen LogP contribution in [0.5, 0.6) is 0 Å². The fourth-order valence-electron chi connectivity index (χ4n) is 0.614. The summed E-state index contributed by atoms with van der Waals surface area (Å²) < 4.78 is 0. The van der Waals surface area contributed by atoms with Crippen molar-refractivity contribution in [1.29, 1.82) is 0 Å². The number of hydrogen-bond donors (Lipinski definition) is 1. The molecule has 0 aliphatic carbocycles. The predicted molar refractivity (Wildman–Crippen MR) is 44.4 cm³/mol. The second kappa shape index (κ2) is 3.30. The average molecular weight is 168 g/mol. The van der Waals surface area contributed by atoms with Gasteiger partial charge in [-0.1, -0.05) is 0 Å². The van der Waals surface area contributed by atoms with Crippen LogP contribution >= 0.6 is 11.3 Å². The van der Waals surface area contributed by atoms with Gasteiger partial charge in [-0.05, 0) is 6.92 Å². The first-order valence-corrected chi connectivity index (χ1v) is 3.95. The summed E-state index contributed by atoms with van der Waals surface area (Å²) >= 11 is 1.31. The number of hydrogen-bond acceptors (Lipinski definition) is 4. The molecule has 0 saturated carbocycles. The van der Waals surface area contributed by atoms with Gasteiger partial charge in [-0.15, -0.1) is 11.3 Å². The van der Waals surface area contributed by atoms with E-state index < -0.39 is 0 Å². The van der Waals surface area contributed by atoms with E-state index in [1.54, 1.807) is 18.5 Å². The Bertz CT molecular complexity index is 273. The first-order chi connectivity index (χ1) is 5.20. The standard InChI is InChI=1S/C7H8N2OS/c1-5(8)4-6(10)7-9-2-3-11-7/h2-4H,8H2,1H3/b5-4-. The number of allylic oxidation sites excluding steroid dienone is 2. The number of aromatic nitrogens is 1. The van der Waals surface area contributed by atoms with Crippen LogP contribution in [0.1, 0.15) is 16.7 Å². The summed E-state index contributed by atoms with van der Waals surface area (Å²) in [5.74, 6) is -0.125. The summed E-state index contributed by atoms with van der Waals surface area (Å²) in [5.41, 5.74) is 5.82. The van der Waals surface area contributed by atoms with Crippen molar-refractivity contribution < 1.29 is 4.79 Å². The molecule has 2 N–H and O–H groups in total. The number of rotatable bonds is 2. The largest absolute Gasteiger partial charge is 0.402 e. The summed E-state index contributed by atoms with van der Waals surface area (Å²) in [6.07, 6.45) is 2.97. The average Bonchev–Trinajstić information content (AvgIpc) is 2.35. The van der Waals surface area contributed by atoms with Crippen molar-refractivity contribution in [1.82, 2.24) is 4.98 Å². The third-order valence-electron chi connectivity index (χ3n) is 1.00. The Hall–Kier alpha value is -1.16. The normalized spacial score (nSPS) is 11.5. The summed E-state index contributed by atoms with van der Waals surface area (Å²) in [7, 11) is 0. The third kappa shape index (κ3) is 2.16. The Morgan fingerprint density at radius 1 is 1.82 bits per heavy atom. The highest BCUT2D eigenvalue weighted by Gasteiger charge is 2.03. The zero-order valence-electron chi connectivity index (χ0n) is 6.07. The second-order valence-corrected chi connectivity index (χ2v) is 2.98. The van der Waals surface area contributed by atoms with Crippen LogP contribution in [0, 0.1) is 0 Å². The van der Waals surface area contributed by atoms with Gasteiger partial charge in [0.2, 0.25) is 5.78 Å². The second-order valence-electron chi connectivity index (χ2n) is 2.09. The van der Waals surface area contributed by atoms with E-state index in [0.717, 1.165) is 0 Å². The molecule has 0 aliphatic rings. The molecule has 1 aromatic rings. The van der Waals surface area contributed by atoms with Gasteiger partial charge >= 0.3 is 0 Å². The molecule has 11 heavy (non-hydrogen) atoms. The summed E-state index contributed by atoms with van der Waals surface area (Å²) in [6, 6.07) is 0. The van der Waals surface area contributed by atoms with Crippen molar-refractivity contribution in [2.45, 2.75) is 6.92 Å². The van der Waals surface area contributed by atoms with Crippen LogP contribution in [0.15, 0.2) is 23.3 Å². The minimum absolute atomic E-state index is 0.125. The molecule has 0 radical (unpaired) electrons. The maximum absolute atomic E-state index is 11.1. The maximum Gasteiger partial charge on any atom is 0.216 e. The molecule has 1 heterocycles. The number of nitrogens with zero attached hydrogens (tertiary/aromatic N) is 1. The van der Waals surface area contributed by atoms with Crippen molar-refractivity contribution in [2.24, 2.45) is 5.73 Å². The van der Waals surface area contributed by atoms with E-state index in [4.69, 9.17) is 5.73 Å². The Morgan fingerprint density at radius 3 is 3.00 bits per heavy atom. The van der Waals surface area contributed by atoms with Crippen LogP contribution in [-0.4, -0.2) is 10.8 Å². The van der Waals surface area contributed by atoms with E-state index in [1.165, 1.54) is 17.4 Å². The molecule has 1 rings (SSSR count). The van der Waals surface area contributed by atoms with Crippen LogP contribution in [0.4, 0.5) is 0 Å². The highest BCUT2D eigenvalue weighted by Crippen LogP contribution is 2.05. The van der Waals surface area contributed by atoms with E-state index in [9.17, 15) is 4.79 Å². The number of carbonyl (C=O) groups is 1. The SMILES string of the molecule is C/C(N)=C/C(=O)c1nccs1. The quantitative estimate of drug-likeness (QED) is 0.533. The van der Waals surface area contributed by atoms with Gasteiger partial charge in [0.15, 0.2) is 5.01 Å². The molecule has 0 atom stereocenters.